The van der Waals surface area contributed by atoms with Gasteiger partial charge >= 0.3 is 0 Å². The number of aromatic nitrogens is 2. The first kappa shape index (κ1) is 12.5. The molecule has 6 nitrogen and oxygen atoms in total. The SMILES string of the molecule is COc1ncnc(NC(C)C(C)CO)c1N. The predicted molar refractivity (Wildman–Crippen MR) is 62.3 cm³/mol. The molecule has 90 valence electrons. The molecule has 2 unspecified atom stereocenters. The molecule has 0 aromatic carbocycles. The van der Waals surface area contributed by atoms with Gasteiger partial charge in [-0.25, -0.2) is 4.98 Å². The van der Waals surface area contributed by atoms with E-state index in [0.717, 1.165) is 0 Å². The third-order valence-electron chi connectivity index (χ3n) is 2.55. The predicted octanol–water partition coefficient (Wildman–Crippen LogP) is 0.496. The molecule has 0 aliphatic carbocycles. The third-order valence-corrected chi connectivity index (χ3v) is 2.55. The number of aliphatic hydroxyl groups is 1. The highest BCUT2D eigenvalue weighted by atomic mass is 16.5. The van der Waals surface area contributed by atoms with Crippen LogP contribution in [0, 0.1) is 5.92 Å². The van der Waals surface area contributed by atoms with E-state index in [-0.39, 0.29) is 18.6 Å². The number of hydrogen-bond acceptors (Lipinski definition) is 6. The smallest absolute Gasteiger partial charge is 0.242 e. The molecule has 0 saturated carbocycles. The van der Waals surface area contributed by atoms with E-state index in [2.05, 4.69) is 15.3 Å². The zero-order chi connectivity index (χ0) is 12.1. The van der Waals surface area contributed by atoms with E-state index in [4.69, 9.17) is 15.6 Å². The van der Waals surface area contributed by atoms with E-state index < -0.39 is 0 Å². The summed E-state index contributed by atoms with van der Waals surface area (Å²) in [6.07, 6.45) is 1.38. The number of nitrogen functional groups attached to an aromatic ring is 1. The number of nitrogens with zero attached hydrogens (tertiary/aromatic N) is 2. The molecule has 0 amide bonds. The number of nitrogens with two attached hydrogens (primary N) is 1. The van der Waals surface area contributed by atoms with Crippen LogP contribution in [0.15, 0.2) is 6.33 Å². The molecule has 0 spiro atoms. The van der Waals surface area contributed by atoms with Crippen molar-refractivity contribution >= 4 is 11.5 Å². The first-order valence-corrected chi connectivity index (χ1v) is 5.12. The van der Waals surface area contributed by atoms with Crippen molar-refractivity contribution in [1.82, 2.24) is 9.97 Å². The van der Waals surface area contributed by atoms with Crippen LogP contribution in [-0.2, 0) is 0 Å². The summed E-state index contributed by atoms with van der Waals surface area (Å²) < 4.78 is 4.99. The fraction of sp³-hybridized carbons (Fsp3) is 0.600. The van der Waals surface area contributed by atoms with Crippen LogP contribution in [0.4, 0.5) is 11.5 Å². The Bertz CT molecular complexity index is 346. The number of hydrogen-bond donors (Lipinski definition) is 3. The number of rotatable bonds is 5. The lowest BCUT2D eigenvalue weighted by atomic mass is 10.1. The van der Waals surface area contributed by atoms with Crippen LogP contribution in [0.25, 0.3) is 0 Å². The van der Waals surface area contributed by atoms with Gasteiger partial charge in [0.05, 0.1) is 7.11 Å². The first-order chi connectivity index (χ1) is 7.60. The van der Waals surface area contributed by atoms with Crippen molar-refractivity contribution in [3.8, 4) is 5.88 Å². The summed E-state index contributed by atoms with van der Waals surface area (Å²) in [5, 5.41) is 12.1. The standard InChI is InChI=1S/C10H18N4O2/c1-6(4-15)7(2)14-9-8(11)10(16-3)13-5-12-9/h5-7,15H,4,11H2,1-3H3,(H,12,13,14). The summed E-state index contributed by atoms with van der Waals surface area (Å²) in [7, 11) is 1.50. The molecule has 1 heterocycles. The maximum absolute atomic E-state index is 9.02. The minimum Gasteiger partial charge on any atom is -0.479 e. The number of ether oxygens (including phenoxy) is 1. The third kappa shape index (κ3) is 2.73. The second-order valence-corrected chi connectivity index (χ2v) is 3.74. The molecule has 0 aliphatic rings. The van der Waals surface area contributed by atoms with Crippen LogP contribution < -0.4 is 15.8 Å². The van der Waals surface area contributed by atoms with Crippen LogP contribution in [0.5, 0.6) is 5.88 Å². The van der Waals surface area contributed by atoms with Gasteiger partial charge in [-0.15, -0.1) is 0 Å². The highest BCUT2D eigenvalue weighted by Crippen LogP contribution is 2.25. The topological polar surface area (TPSA) is 93.3 Å². The fourth-order valence-corrected chi connectivity index (χ4v) is 1.17. The second kappa shape index (κ2) is 5.50. The van der Waals surface area contributed by atoms with E-state index in [1.165, 1.54) is 13.4 Å². The maximum Gasteiger partial charge on any atom is 0.242 e. The van der Waals surface area contributed by atoms with E-state index in [0.29, 0.717) is 17.4 Å². The molecular formula is C10H18N4O2. The molecule has 0 saturated heterocycles. The molecule has 2 atom stereocenters. The summed E-state index contributed by atoms with van der Waals surface area (Å²) in [6, 6.07) is 0.0620. The van der Waals surface area contributed by atoms with Gasteiger partial charge in [-0.05, 0) is 12.8 Å². The number of aliphatic hydroxyl groups excluding tert-OH is 1. The van der Waals surface area contributed by atoms with Gasteiger partial charge in [-0.2, -0.15) is 4.98 Å². The van der Waals surface area contributed by atoms with Crippen LogP contribution in [-0.4, -0.2) is 34.8 Å². The molecule has 1 aromatic heterocycles. The van der Waals surface area contributed by atoms with Gasteiger partial charge in [0.2, 0.25) is 5.88 Å². The zero-order valence-corrected chi connectivity index (χ0v) is 9.77. The largest absolute Gasteiger partial charge is 0.479 e. The first-order valence-electron chi connectivity index (χ1n) is 5.12. The molecule has 4 N–H and O–H groups in total. The fourth-order valence-electron chi connectivity index (χ4n) is 1.17. The van der Waals surface area contributed by atoms with Crippen molar-refractivity contribution < 1.29 is 9.84 Å². The van der Waals surface area contributed by atoms with E-state index in [1.54, 1.807) is 0 Å². The van der Waals surface area contributed by atoms with Crippen molar-refractivity contribution in [3.63, 3.8) is 0 Å². The lowest BCUT2D eigenvalue weighted by Gasteiger charge is -2.20. The molecule has 16 heavy (non-hydrogen) atoms. The Morgan fingerprint density at radius 3 is 2.75 bits per heavy atom. The molecule has 0 aliphatic heterocycles. The van der Waals surface area contributed by atoms with Crippen LogP contribution in [0.3, 0.4) is 0 Å². The van der Waals surface area contributed by atoms with Crippen molar-refractivity contribution in [2.45, 2.75) is 19.9 Å². The summed E-state index contributed by atoms with van der Waals surface area (Å²) in [5.41, 5.74) is 6.19. The number of anilines is 2. The number of methoxy groups -OCH3 is 1. The molecule has 0 fully saturated rings. The second-order valence-electron chi connectivity index (χ2n) is 3.74. The summed E-state index contributed by atoms with van der Waals surface area (Å²) in [4.78, 5) is 7.92. The highest BCUT2D eigenvalue weighted by molar-refractivity contribution is 5.66. The molecule has 0 bridgehead atoms. The van der Waals surface area contributed by atoms with Gasteiger partial charge in [-0.1, -0.05) is 6.92 Å². The summed E-state index contributed by atoms with van der Waals surface area (Å²) >= 11 is 0. The van der Waals surface area contributed by atoms with Gasteiger partial charge in [0.15, 0.2) is 5.82 Å². The molecule has 6 heteroatoms. The van der Waals surface area contributed by atoms with E-state index >= 15 is 0 Å². The number of nitrogens with one attached hydrogen (secondary N) is 1. The Hall–Kier alpha value is -1.56. The van der Waals surface area contributed by atoms with Crippen molar-refractivity contribution in [1.29, 1.82) is 0 Å². The van der Waals surface area contributed by atoms with Gasteiger partial charge in [0, 0.05) is 12.6 Å². The minimum absolute atomic E-state index is 0.0620. The Kier molecular flexibility index (Phi) is 4.30. The van der Waals surface area contributed by atoms with Gasteiger partial charge in [0.25, 0.3) is 0 Å². The average Bonchev–Trinajstić information content (AvgIpc) is 2.30. The monoisotopic (exact) mass is 226 g/mol. The zero-order valence-electron chi connectivity index (χ0n) is 9.77. The molecular weight excluding hydrogens is 208 g/mol. The Labute approximate surface area is 94.9 Å². The van der Waals surface area contributed by atoms with Gasteiger partial charge < -0.3 is 20.9 Å². The summed E-state index contributed by atoms with van der Waals surface area (Å²) in [6.45, 7) is 4.00. The highest BCUT2D eigenvalue weighted by Gasteiger charge is 2.14. The molecule has 1 rings (SSSR count). The van der Waals surface area contributed by atoms with Crippen LogP contribution in [0.2, 0.25) is 0 Å². The Morgan fingerprint density at radius 1 is 1.50 bits per heavy atom. The molecule has 1 aromatic rings. The summed E-state index contributed by atoms with van der Waals surface area (Å²) in [5.74, 6) is 0.987. The average molecular weight is 226 g/mol. The van der Waals surface area contributed by atoms with E-state index in [1.807, 2.05) is 13.8 Å². The Balaban J connectivity index is 2.81. The lowest BCUT2D eigenvalue weighted by Crippen LogP contribution is -2.27. The maximum atomic E-state index is 9.02. The minimum atomic E-state index is 0.0620. The van der Waals surface area contributed by atoms with Crippen molar-refractivity contribution in [3.05, 3.63) is 6.33 Å². The van der Waals surface area contributed by atoms with Gasteiger partial charge in [0.1, 0.15) is 12.0 Å². The Morgan fingerprint density at radius 2 is 2.19 bits per heavy atom. The van der Waals surface area contributed by atoms with Crippen LogP contribution >= 0.6 is 0 Å². The van der Waals surface area contributed by atoms with E-state index in [9.17, 15) is 0 Å². The normalized spacial score (nSPS) is 14.2. The van der Waals surface area contributed by atoms with Crippen LogP contribution in [0.1, 0.15) is 13.8 Å². The van der Waals surface area contributed by atoms with Gasteiger partial charge in [-0.3, -0.25) is 0 Å². The van der Waals surface area contributed by atoms with Crippen molar-refractivity contribution in [2.24, 2.45) is 5.92 Å². The molecule has 0 radical (unpaired) electrons. The quantitative estimate of drug-likeness (QED) is 0.676. The van der Waals surface area contributed by atoms with Crippen molar-refractivity contribution in [2.75, 3.05) is 24.8 Å². The lowest BCUT2D eigenvalue weighted by molar-refractivity contribution is 0.226.